The maximum absolute atomic E-state index is 11.0. The average molecular weight is 141 g/mol. The van der Waals surface area contributed by atoms with E-state index >= 15 is 0 Å². The molecule has 1 N–H and O–H groups in total. The molecule has 2 aliphatic heterocycles. The molecule has 0 spiro atoms. The van der Waals surface area contributed by atoms with E-state index in [-0.39, 0.29) is 12.0 Å². The van der Waals surface area contributed by atoms with Crippen LogP contribution in [0.1, 0.15) is 12.8 Å². The predicted octanol–water partition coefficient (Wildman–Crippen LogP) is -0.0886. The Balaban J connectivity index is 2.10. The summed E-state index contributed by atoms with van der Waals surface area (Å²) >= 11 is 0. The number of rotatable bonds is 0. The highest BCUT2D eigenvalue weighted by molar-refractivity contribution is 5.77. The molecule has 0 radical (unpaired) electrons. The fourth-order valence-corrected chi connectivity index (χ4v) is 1.75. The third-order valence-corrected chi connectivity index (χ3v) is 2.34. The van der Waals surface area contributed by atoms with Gasteiger partial charge in [-0.1, -0.05) is 0 Å². The standard InChI is InChI=1S/C7H11NO2/c9-7-6-5(1-3-8-6)2-4-10-7/h5-6,8H,1-4H2. The fourth-order valence-electron chi connectivity index (χ4n) is 1.75. The van der Waals surface area contributed by atoms with E-state index in [0.717, 1.165) is 19.4 Å². The minimum atomic E-state index is -0.0475. The molecule has 2 fully saturated rings. The molecule has 56 valence electrons. The second kappa shape index (κ2) is 2.23. The van der Waals surface area contributed by atoms with Crippen molar-refractivity contribution in [2.24, 2.45) is 5.92 Å². The number of ether oxygens (including phenoxy) is 1. The highest BCUT2D eigenvalue weighted by Gasteiger charge is 2.36. The summed E-state index contributed by atoms with van der Waals surface area (Å²) in [6.45, 7) is 1.60. The Hall–Kier alpha value is -0.570. The number of esters is 1. The quantitative estimate of drug-likeness (QED) is 0.479. The summed E-state index contributed by atoms with van der Waals surface area (Å²) in [6, 6.07) is 0.0220. The lowest BCUT2D eigenvalue weighted by Crippen LogP contribution is -2.41. The number of carbonyl (C=O) groups excluding carboxylic acids is 1. The van der Waals surface area contributed by atoms with Crippen LogP contribution in [-0.2, 0) is 9.53 Å². The maximum atomic E-state index is 11.0. The summed E-state index contributed by atoms with van der Waals surface area (Å²) in [5.41, 5.74) is 0. The molecule has 0 saturated carbocycles. The van der Waals surface area contributed by atoms with Crippen LogP contribution in [0, 0.1) is 5.92 Å². The molecule has 3 nitrogen and oxygen atoms in total. The Kier molecular flexibility index (Phi) is 1.38. The first-order valence-electron chi connectivity index (χ1n) is 3.78. The Labute approximate surface area is 59.7 Å². The van der Waals surface area contributed by atoms with Crippen molar-refractivity contribution in [1.29, 1.82) is 0 Å². The van der Waals surface area contributed by atoms with Crippen molar-refractivity contribution in [2.45, 2.75) is 18.9 Å². The van der Waals surface area contributed by atoms with Gasteiger partial charge in [-0.3, -0.25) is 4.79 Å². The summed E-state index contributed by atoms with van der Waals surface area (Å²) in [5.74, 6) is 0.509. The van der Waals surface area contributed by atoms with E-state index < -0.39 is 0 Å². The summed E-state index contributed by atoms with van der Waals surface area (Å²) in [4.78, 5) is 11.0. The number of hydrogen-bond acceptors (Lipinski definition) is 3. The smallest absolute Gasteiger partial charge is 0.323 e. The van der Waals surface area contributed by atoms with Crippen molar-refractivity contribution < 1.29 is 9.53 Å². The van der Waals surface area contributed by atoms with Crippen LogP contribution >= 0.6 is 0 Å². The molecule has 0 aromatic carbocycles. The first-order chi connectivity index (χ1) is 4.88. The lowest BCUT2D eigenvalue weighted by Gasteiger charge is -2.23. The van der Waals surface area contributed by atoms with E-state index in [4.69, 9.17) is 4.74 Å². The summed E-state index contributed by atoms with van der Waals surface area (Å²) in [7, 11) is 0. The molecule has 10 heavy (non-hydrogen) atoms. The molecule has 2 saturated heterocycles. The number of nitrogens with one attached hydrogen (secondary N) is 1. The van der Waals surface area contributed by atoms with Crippen molar-refractivity contribution in [3.63, 3.8) is 0 Å². The van der Waals surface area contributed by atoms with Crippen LogP contribution in [0.5, 0.6) is 0 Å². The number of hydrogen-bond donors (Lipinski definition) is 1. The molecule has 2 atom stereocenters. The maximum Gasteiger partial charge on any atom is 0.323 e. The number of cyclic esters (lactones) is 1. The monoisotopic (exact) mass is 141 g/mol. The molecule has 2 heterocycles. The molecule has 2 aliphatic rings. The third kappa shape index (κ3) is 0.814. The molecule has 0 amide bonds. The van der Waals surface area contributed by atoms with E-state index in [2.05, 4.69) is 5.32 Å². The summed E-state index contributed by atoms with van der Waals surface area (Å²) < 4.78 is 4.89. The van der Waals surface area contributed by atoms with Crippen LogP contribution < -0.4 is 5.32 Å². The lowest BCUT2D eigenvalue weighted by atomic mass is 9.96. The molecule has 2 unspecified atom stereocenters. The van der Waals surface area contributed by atoms with E-state index in [1.807, 2.05) is 0 Å². The van der Waals surface area contributed by atoms with Crippen molar-refractivity contribution in [2.75, 3.05) is 13.2 Å². The van der Waals surface area contributed by atoms with Gasteiger partial charge in [-0.05, 0) is 25.3 Å². The largest absolute Gasteiger partial charge is 0.465 e. The Bertz CT molecular complexity index is 158. The van der Waals surface area contributed by atoms with Crippen LogP contribution in [-0.4, -0.2) is 25.2 Å². The number of fused-ring (bicyclic) bond motifs is 1. The highest BCUT2D eigenvalue weighted by atomic mass is 16.5. The SMILES string of the molecule is O=C1OCCC2CCNC12. The van der Waals surface area contributed by atoms with Gasteiger partial charge in [0, 0.05) is 0 Å². The van der Waals surface area contributed by atoms with E-state index in [9.17, 15) is 4.79 Å². The molecular weight excluding hydrogens is 130 g/mol. The predicted molar refractivity (Wildman–Crippen MR) is 35.5 cm³/mol. The number of carbonyl (C=O) groups is 1. The second-order valence-electron chi connectivity index (χ2n) is 2.94. The van der Waals surface area contributed by atoms with Gasteiger partial charge in [0.2, 0.25) is 0 Å². The Morgan fingerprint density at radius 1 is 1.50 bits per heavy atom. The fraction of sp³-hybridized carbons (Fsp3) is 0.857. The Morgan fingerprint density at radius 2 is 2.40 bits per heavy atom. The first kappa shape index (κ1) is 6.16. The minimum absolute atomic E-state index is 0.0220. The van der Waals surface area contributed by atoms with Gasteiger partial charge in [0.25, 0.3) is 0 Å². The van der Waals surface area contributed by atoms with Crippen molar-refractivity contribution in [3.8, 4) is 0 Å². The summed E-state index contributed by atoms with van der Waals surface area (Å²) in [5, 5.41) is 3.13. The van der Waals surface area contributed by atoms with E-state index in [1.165, 1.54) is 0 Å². The van der Waals surface area contributed by atoms with Crippen LogP contribution in [0.15, 0.2) is 0 Å². The molecule has 3 heteroatoms. The molecule has 0 aliphatic carbocycles. The van der Waals surface area contributed by atoms with E-state index in [0.29, 0.717) is 12.5 Å². The van der Waals surface area contributed by atoms with Crippen LogP contribution in [0.3, 0.4) is 0 Å². The highest BCUT2D eigenvalue weighted by Crippen LogP contribution is 2.23. The normalized spacial score (nSPS) is 39.0. The van der Waals surface area contributed by atoms with Gasteiger partial charge in [-0.15, -0.1) is 0 Å². The zero-order valence-electron chi connectivity index (χ0n) is 5.80. The van der Waals surface area contributed by atoms with Crippen LogP contribution in [0.2, 0.25) is 0 Å². The van der Waals surface area contributed by atoms with Crippen LogP contribution in [0.25, 0.3) is 0 Å². The van der Waals surface area contributed by atoms with Gasteiger partial charge in [0.1, 0.15) is 6.04 Å². The molecule has 2 rings (SSSR count). The van der Waals surface area contributed by atoms with Gasteiger partial charge in [0.05, 0.1) is 6.61 Å². The first-order valence-corrected chi connectivity index (χ1v) is 3.78. The zero-order chi connectivity index (χ0) is 6.97. The topological polar surface area (TPSA) is 38.3 Å². The molecule has 0 bridgehead atoms. The van der Waals surface area contributed by atoms with Crippen LogP contribution in [0.4, 0.5) is 0 Å². The average Bonchev–Trinajstić information content (AvgIpc) is 2.36. The van der Waals surface area contributed by atoms with E-state index in [1.54, 1.807) is 0 Å². The zero-order valence-corrected chi connectivity index (χ0v) is 5.80. The van der Waals surface area contributed by atoms with Gasteiger partial charge in [0.15, 0.2) is 0 Å². The molecule has 0 aromatic heterocycles. The van der Waals surface area contributed by atoms with Gasteiger partial charge in [-0.25, -0.2) is 0 Å². The van der Waals surface area contributed by atoms with Crippen molar-refractivity contribution in [1.82, 2.24) is 5.32 Å². The lowest BCUT2D eigenvalue weighted by molar-refractivity contribution is -0.151. The van der Waals surface area contributed by atoms with Crippen molar-refractivity contribution in [3.05, 3.63) is 0 Å². The Morgan fingerprint density at radius 3 is 3.20 bits per heavy atom. The van der Waals surface area contributed by atoms with Crippen molar-refractivity contribution >= 4 is 5.97 Å². The van der Waals surface area contributed by atoms with Gasteiger partial charge < -0.3 is 10.1 Å². The second-order valence-corrected chi connectivity index (χ2v) is 2.94. The molecular formula is C7H11NO2. The van der Waals surface area contributed by atoms with Gasteiger partial charge in [-0.2, -0.15) is 0 Å². The molecule has 0 aromatic rings. The minimum Gasteiger partial charge on any atom is -0.465 e. The third-order valence-electron chi connectivity index (χ3n) is 2.34. The van der Waals surface area contributed by atoms with Gasteiger partial charge >= 0.3 is 5.97 Å². The summed E-state index contributed by atoms with van der Waals surface area (Å²) in [6.07, 6.45) is 2.18.